The lowest BCUT2D eigenvalue weighted by molar-refractivity contribution is -0.121. The predicted octanol–water partition coefficient (Wildman–Crippen LogP) is 1.35. The van der Waals surface area contributed by atoms with E-state index in [4.69, 9.17) is 0 Å². The van der Waals surface area contributed by atoms with Crippen LogP contribution in [0.5, 0.6) is 0 Å². The number of nitrogens with zero attached hydrogens (tertiary/aromatic N) is 1. The number of sulfonamides is 1. The highest BCUT2D eigenvalue weighted by Crippen LogP contribution is 2.03. The van der Waals surface area contributed by atoms with E-state index in [1.165, 1.54) is 4.31 Å². The van der Waals surface area contributed by atoms with Gasteiger partial charge in [-0.15, -0.1) is 0 Å². The van der Waals surface area contributed by atoms with Crippen molar-refractivity contribution in [1.82, 2.24) is 9.62 Å². The van der Waals surface area contributed by atoms with Crippen LogP contribution in [0.25, 0.3) is 0 Å². The summed E-state index contributed by atoms with van der Waals surface area (Å²) in [5.41, 5.74) is 0. The van der Waals surface area contributed by atoms with Crippen LogP contribution in [0.2, 0.25) is 0 Å². The Hall–Kier alpha value is -0.620. The topological polar surface area (TPSA) is 66.5 Å². The highest BCUT2D eigenvalue weighted by molar-refractivity contribution is 7.88. The van der Waals surface area contributed by atoms with Crippen molar-refractivity contribution in [3.05, 3.63) is 0 Å². The number of carbonyl (C=O) groups excluding carboxylic acids is 1. The molecule has 0 aromatic carbocycles. The second-order valence-electron chi connectivity index (χ2n) is 4.51. The molecule has 0 saturated heterocycles. The molecule has 0 rings (SSSR count). The minimum Gasteiger partial charge on any atom is -0.355 e. The van der Waals surface area contributed by atoms with Crippen molar-refractivity contribution in [3.63, 3.8) is 0 Å². The van der Waals surface area contributed by atoms with Gasteiger partial charge in [-0.1, -0.05) is 33.1 Å². The van der Waals surface area contributed by atoms with Gasteiger partial charge in [0.1, 0.15) is 0 Å². The standard InChI is InChI=1S/C12H26N2O3S/c1-4-6-8-10-14(18(3,16)17)11-12(15)13-9-7-5-2/h4-11H2,1-3H3,(H,13,15). The van der Waals surface area contributed by atoms with Crippen LogP contribution in [0, 0.1) is 0 Å². The molecule has 0 spiro atoms. The fourth-order valence-corrected chi connectivity index (χ4v) is 2.33. The molecular formula is C12H26N2O3S. The van der Waals surface area contributed by atoms with Crippen molar-refractivity contribution in [2.75, 3.05) is 25.9 Å². The van der Waals surface area contributed by atoms with Gasteiger partial charge in [-0.3, -0.25) is 4.79 Å². The molecule has 0 atom stereocenters. The maximum absolute atomic E-state index is 11.6. The number of carbonyl (C=O) groups is 1. The smallest absolute Gasteiger partial charge is 0.235 e. The van der Waals surface area contributed by atoms with Gasteiger partial charge in [0, 0.05) is 13.1 Å². The van der Waals surface area contributed by atoms with Crippen molar-refractivity contribution < 1.29 is 13.2 Å². The lowest BCUT2D eigenvalue weighted by Crippen LogP contribution is -2.40. The normalized spacial score (nSPS) is 11.8. The zero-order chi connectivity index (χ0) is 14.0. The molecule has 0 aromatic heterocycles. The number of nitrogens with one attached hydrogen (secondary N) is 1. The highest BCUT2D eigenvalue weighted by atomic mass is 32.2. The Morgan fingerprint density at radius 2 is 1.72 bits per heavy atom. The van der Waals surface area contributed by atoms with Crippen molar-refractivity contribution in [2.24, 2.45) is 0 Å². The van der Waals surface area contributed by atoms with Gasteiger partial charge in [0.2, 0.25) is 15.9 Å². The second-order valence-corrected chi connectivity index (χ2v) is 6.49. The van der Waals surface area contributed by atoms with Gasteiger partial charge < -0.3 is 5.32 Å². The summed E-state index contributed by atoms with van der Waals surface area (Å²) in [7, 11) is -3.30. The molecule has 18 heavy (non-hydrogen) atoms. The molecule has 0 aromatic rings. The van der Waals surface area contributed by atoms with Crippen LogP contribution in [0.3, 0.4) is 0 Å². The van der Waals surface area contributed by atoms with Crippen LogP contribution in [-0.4, -0.2) is 44.5 Å². The third-order valence-corrected chi connectivity index (χ3v) is 3.90. The van der Waals surface area contributed by atoms with Gasteiger partial charge in [0.25, 0.3) is 0 Å². The van der Waals surface area contributed by atoms with Gasteiger partial charge in [-0.25, -0.2) is 8.42 Å². The molecule has 5 nitrogen and oxygen atoms in total. The molecule has 1 N–H and O–H groups in total. The summed E-state index contributed by atoms with van der Waals surface area (Å²) in [5, 5.41) is 2.73. The summed E-state index contributed by atoms with van der Waals surface area (Å²) in [6.45, 7) is 5.07. The monoisotopic (exact) mass is 278 g/mol. The maximum atomic E-state index is 11.6. The Kier molecular flexibility index (Phi) is 9.01. The second kappa shape index (κ2) is 9.33. The molecule has 0 radical (unpaired) electrons. The zero-order valence-electron chi connectivity index (χ0n) is 11.7. The average molecular weight is 278 g/mol. The molecule has 0 aliphatic carbocycles. The average Bonchev–Trinajstić information content (AvgIpc) is 2.27. The van der Waals surface area contributed by atoms with Crippen LogP contribution in [-0.2, 0) is 14.8 Å². The Morgan fingerprint density at radius 3 is 2.22 bits per heavy atom. The molecule has 0 unspecified atom stereocenters. The van der Waals surface area contributed by atoms with E-state index in [2.05, 4.69) is 12.2 Å². The van der Waals surface area contributed by atoms with Crippen LogP contribution < -0.4 is 5.32 Å². The summed E-state index contributed by atoms with van der Waals surface area (Å²) in [4.78, 5) is 11.6. The number of hydrogen-bond acceptors (Lipinski definition) is 3. The van der Waals surface area contributed by atoms with E-state index >= 15 is 0 Å². The Labute approximate surface area is 111 Å². The first-order valence-electron chi connectivity index (χ1n) is 6.63. The quantitative estimate of drug-likeness (QED) is 0.613. The predicted molar refractivity (Wildman–Crippen MR) is 73.9 cm³/mol. The van der Waals surface area contributed by atoms with Gasteiger partial charge in [-0.2, -0.15) is 4.31 Å². The number of rotatable bonds is 10. The Balaban J connectivity index is 4.19. The number of amides is 1. The molecule has 0 aliphatic heterocycles. The molecule has 108 valence electrons. The van der Waals surface area contributed by atoms with Gasteiger partial charge >= 0.3 is 0 Å². The van der Waals surface area contributed by atoms with Crippen molar-refractivity contribution in [1.29, 1.82) is 0 Å². The van der Waals surface area contributed by atoms with Crippen LogP contribution in [0.4, 0.5) is 0 Å². The Bertz CT molecular complexity index is 328. The Morgan fingerprint density at radius 1 is 1.11 bits per heavy atom. The lowest BCUT2D eigenvalue weighted by atomic mass is 10.2. The summed E-state index contributed by atoms with van der Waals surface area (Å²) in [5.74, 6) is -0.217. The number of unbranched alkanes of at least 4 members (excludes halogenated alkanes) is 3. The molecule has 6 heteroatoms. The van der Waals surface area contributed by atoms with Gasteiger partial charge in [-0.05, 0) is 12.8 Å². The minimum absolute atomic E-state index is 0.0632. The molecule has 0 heterocycles. The molecule has 1 amide bonds. The molecular weight excluding hydrogens is 252 g/mol. The van der Waals surface area contributed by atoms with E-state index in [1.807, 2.05) is 6.92 Å². The summed E-state index contributed by atoms with van der Waals surface area (Å²) in [6.07, 6.45) is 5.88. The maximum Gasteiger partial charge on any atom is 0.235 e. The largest absolute Gasteiger partial charge is 0.355 e. The highest BCUT2D eigenvalue weighted by Gasteiger charge is 2.19. The first-order chi connectivity index (χ1) is 8.41. The SMILES string of the molecule is CCCCCN(CC(=O)NCCCC)S(C)(=O)=O. The van der Waals surface area contributed by atoms with E-state index < -0.39 is 10.0 Å². The van der Waals surface area contributed by atoms with Crippen LogP contribution in [0.15, 0.2) is 0 Å². The minimum atomic E-state index is -3.30. The first kappa shape index (κ1) is 17.4. The third-order valence-electron chi connectivity index (χ3n) is 2.65. The van der Waals surface area contributed by atoms with Gasteiger partial charge in [0.05, 0.1) is 12.8 Å². The van der Waals surface area contributed by atoms with E-state index in [9.17, 15) is 13.2 Å². The summed E-state index contributed by atoms with van der Waals surface area (Å²) < 4.78 is 24.3. The lowest BCUT2D eigenvalue weighted by Gasteiger charge is -2.19. The van der Waals surface area contributed by atoms with Crippen molar-refractivity contribution in [2.45, 2.75) is 46.0 Å². The third kappa shape index (κ3) is 8.47. The summed E-state index contributed by atoms with van der Waals surface area (Å²) in [6, 6.07) is 0. The summed E-state index contributed by atoms with van der Waals surface area (Å²) >= 11 is 0. The molecule has 0 saturated carbocycles. The van der Waals surface area contributed by atoms with Crippen molar-refractivity contribution >= 4 is 15.9 Å². The van der Waals surface area contributed by atoms with E-state index in [1.54, 1.807) is 0 Å². The molecule has 0 aliphatic rings. The van der Waals surface area contributed by atoms with Crippen molar-refractivity contribution in [3.8, 4) is 0 Å². The first-order valence-corrected chi connectivity index (χ1v) is 8.48. The zero-order valence-corrected chi connectivity index (χ0v) is 12.6. The van der Waals surface area contributed by atoms with Crippen LogP contribution >= 0.6 is 0 Å². The number of hydrogen-bond donors (Lipinski definition) is 1. The van der Waals surface area contributed by atoms with Crippen LogP contribution in [0.1, 0.15) is 46.0 Å². The van der Waals surface area contributed by atoms with E-state index in [0.717, 1.165) is 38.4 Å². The fourth-order valence-electron chi connectivity index (χ4n) is 1.52. The fraction of sp³-hybridized carbons (Fsp3) is 0.917. The van der Waals surface area contributed by atoms with Gasteiger partial charge in [0.15, 0.2) is 0 Å². The van der Waals surface area contributed by atoms with E-state index in [-0.39, 0.29) is 12.5 Å². The van der Waals surface area contributed by atoms with E-state index in [0.29, 0.717) is 13.1 Å². The molecule has 0 bridgehead atoms. The molecule has 0 fully saturated rings.